The molecule has 1 atom stereocenters. The summed E-state index contributed by atoms with van der Waals surface area (Å²) in [5.74, 6) is 0.974. The molecular weight excluding hydrogens is 368 g/mol. The molecule has 3 saturated heterocycles. The van der Waals surface area contributed by atoms with Crippen LogP contribution >= 0.6 is 0 Å². The van der Waals surface area contributed by atoms with Gasteiger partial charge in [-0.2, -0.15) is 0 Å². The molecule has 2 N–H and O–H groups in total. The maximum absolute atomic E-state index is 12.9. The predicted molar refractivity (Wildman–Crippen MR) is 107 cm³/mol. The van der Waals surface area contributed by atoms with Crippen LogP contribution in [0.15, 0.2) is 18.2 Å². The lowest BCUT2D eigenvalue weighted by Crippen LogP contribution is -2.52. The molecule has 4 aliphatic rings. The molecule has 3 amide bonds. The Bertz CT molecular complexity index is 842. The molecule has 1 aromatic carbocycles. The minimum atomic E-state index is -0.544. The fourth-order valence-electron chi connectivity index (χ4n) is 5.31. The minimum absolute atomic E-state index is 0.0902. The van der Waals surface area contributed by atoms with Gasteiger partial charge in [0.05, 0.1) is 0 Å². The highest BCUT2D eigenvalue weighted by Gasteiger charge is 2.39. The van der Waals surface area contributed by atoms with Crippen LogP contribution < -0.4 is 10.6 Å². The number of hydrogen-bond acceptors (Lipinski definition) is 5. The van der Waals surface area contributed by atoms with Crippen LogP contribution in [0.4, 0.5) is 0 Å². The van der Waals surface area contributed by atoms with Crippen molar-refractivity contribution in [1.29, 1.82) is 0 Å². The van der Waals surface area contributed by atoms with Gasteiger partial charge in [-0.1, -0.05) is 12.1 Å². The zero-order valence-electron chi connectivity index (χ0n) is 16.7. The number of carbonyl (C=O) groups is 3. The van der Waals surface area contributed by atoms with Gasteiger partial charge in [0.25, 0.3) is 5.91 Å². The SMILES string of the molecule is O=C1CCC(N2Cc3ccc(CN4CC(C5CCNCC5)C4)cc3C2=O)C(=O)N1. The van der Waals surface area contributed by atoms with E-state index in [9.17, 15) is 14.4 Å². The number of benzene rings is 1. The number of rotatable bonds is 4. The second-order valence-corrected chi connectivity index (χ2v) is 8.93. The van der Waals surface area contributed by atoms with Gasteiger partial charge in [-0.25, -0.2) is 0 Å². The molecule has 1 aromatic rings. The van der Waals surface area contributed by atoms with E-state index in [1.807, 2.05) is 12.1 Å². The Morgan fingerprint density at radius 1 is 1.00 bits per heavy atom. The minimum Gasteiger partial charge on any atom is -0.322 e. The van der Waals surface area contributed by atoms with Gasteiger partial charge in [0.2, 0.25) is 11.8 Å². The van der Waals surface area contributed by atoms with E-state index in [2.05, 4.69) is 21.6 Å². The van der Waals surface area contributed by atoms with Crippen LogP contribution in [0.1, 0.15) is 47.2 Å². The third-order valence-electron chi connectivity index (χ3n) is 7.03. The highest BCUT2D eigenvalue weighted by atomic mass is 16.2. The van der Waals surface area contributed by atoms with Gasteiger partial charge >= 0.3 is 0 Å². The van der Waals surface area contributed by atoms with Gasteiger partial charge in [-0.05, 0) is 61.4 Å². The molecular formula is C22H28N4O3. The molecule has 1 unspecified atom stereocenters. The van der Waals surface area contributed by atoms with Gasteiger partial charge in [-0.15, -0.1) is 0 Å². The summed E-state index contributed by atoms with van der Waals surface area (Å²) in [5, 5.41) is 5.79. The summed E-state index contributed by atoms with van der Waals surface area (Å²) >= 11 is 0. The molecule has 29 heavy (non-hydrogen) atoms. The quantitative estimate of drug-likeness (QED) is 0.739. The predicted octanol–water partition coefficient (Wildman–Crippen LogP) is 0.879. The molecule has 0 spiro atoms. The Labute approximate surface area is 170 Å². The number of likely N-dealkylation sites (tertiary alicyclic amines) is 1. The first kappa shape index (κ1) is 18.8. The molecule has 5 rings (SSSR count). The Morgan fingerprint density at radius 2 is 1.79 bits per heavy atom. The molecule has 0 aliphatic carbocycles. The lowest BCUT2D eigenvalue weighted by Gasteiger charge is -2.45. The molecule has 0 bridgehead atoms. The lowest BCUT2D eigenvalue weighted by atomic mass is 9.80. The summed E-state index contributed by atoms with van der Waals surface area (Å²) in [5.41, 5.74) is 2.84. The average Bonchev–Trinajstić information content (AvgIpc) is 3.01. The largest absolute Gasteiger partial charge is 0.322 e. The van der Waals surface area contributed by atoms with Crippen molar-refractivity contribution in [2.24, 2.45) is 11.8 Å². The Balaban J connectivity index is 1.21. The van der Waals surface area contributed by atoms with E-state index in [-0.39, 0.29) is 24.1 Å². The first-order chi connectivity index (χ1) is 14.1. The number of fused-ring (bicyclic) bond motifs is 1. The van der Waals surface area contributed by atoms with Crippen molar-refractivity contribution in [3.63, 3.8) is 0 Å². The first-order valence-corrected chi connectivity index (χ1v) is 10.8. The molecule has 0 saturated carbocycles. The normalized spacial score (nSPS) is 26.4. The maximum atomic E-state index is 12.9. The zero-order valence-corrected chi connectivity index (χ0v) is 16.7. The highest BCUT2D eigenvalue weighted by molar-refractivity contribution is 6.05. The van der Waals surface area contributed by atoms with Crippen molar-refractivity contribution in [2.75, 3.05) is 26.2 Å². The summed E-state index contributed by atoms with van der Waals surface area (Å²) in [6, 6.07) is 5.59. The second kappa shape index (κ2) is 7.54. The summed E-state index contributed by atoms with van der Waals surface area (Å²) in [4.78, 5) is 40.6. The molecule has 0 aromatic heterocycles. The standard InChI is InChI=1S/C22H28N4O3/c27-20-4-3-19(21(28)24-20)26-13-16-2-1-14(9-18(16)22(26)29)10-25-11-17(12-25)15-5-7-23-8-6-15/h1-2,9,15,17,19,23H,3-8,10-13H2,(H,24,27,28). The molecule has 4 heterocycles. The van der Waals surface area contributed by atoms with E-state index in [1.54, 1.807) is 4.90 Å². The monoisotopic (exact) mass is 396 g/mol. The van der Waals surface area contributed by atoms with E-state index >= 15 is 0 Å². The number of piperidine rings is 2. The number of amides is 3. The Morgan fingerprint density at radius 3 is 2.55 bits per heavy atom. The van der Waals surface area contributed by atoms with Crippen LogP contribution in [0.5, 0.6) is 0 Å². The Kier molecular flexibility index (Phi) is 4.87. The van der Waals surface area contributed by atoms with E-state index < -0.39 is 6.04 Å². The topological polar surface area (TPSA) is 81.8 Å². The van der Waals surface area contributed by atoms with E-state index in [0.29, 0.717) is 18.5 Å². The van der Waals surface area contributed by atoms with Crippen LogP contribution in [0.2, 0.25) is 0 Å². The summed E-state index contributed by atoms with van der Waals surface area (Å²) in [7, 11) is 0. The molecule has 7 heteroatoms. The third kappa shape index (κ3) is 3.57. The van der Waals surface area contributed by atoms with Gasteiger partial charge in [0.1, 0.15) is 6.04 Å². The number of imide groups is 1. The fourth-order valence-corrected chi connectivity index (χ4v) is 5.31. The highest BCUT2D eigenvalue weighted by Crippen LogP contribution is 2.32. The van der Waals surface area contributed by atoms with E-state index in [4.69, 9.17) is 0 Å². The maximum Gasteiger partial charge on any atom is 0.255 e. The summed E-state index contributed by atoms with van der Waals surface area (Å²) in [6.45, 7) is 5.93. The van der Waals surface area contributed by atoms with Crippen LogP contribution in [0, 0.1) is 11.8 Å². The van der Waals surface area contributed by atoms with Crippen LogP contribution in [0.3, 0.4) is 0 Å². The van der Waals surface area contributed by atoms with Crippen LogP contribution in [-0.4, -0.2) is 59.7 Å². The van der Waals surface area contributed by atoms with Crippen molar-refractivity contribution in [2.45, 2.75) is 44.8 Å². The molecule has 154 valence electrons. The van der Waals surface area contributed by atoms with Crippen molar-refractivity contribution >= 4 is 17.7 Å². The van der Waals surface area contributed by atoms with E-state index in [0.717, 1.165) is 55.7 Å². The number of nitrogens with zero attached hydrogens (tertiary/aromatic N) is 2. The summed E-state index contributed by atoms with van der Waals surface area (Å²) in [6.07, 6.45) is 3.28. The van der Waals surface area contributed by atoms with Crippen molar-refractivity contribution in [3.05, 3.63) is 34.9 Å². The molecule has 3 fully saturated rings. The van der Waals surface area contributed by atoms with Gasteiger partial charge in [0, 0.05) is 38.2 Å². The number of nitrogens with one attached hydrogen (secondary N) is 2. The average molecular weight is 396 g/mol. The van der Waals surface area contributed by atoms with Crippen molar-refractivity contribution in [3.8, 4) is 0 Å². The lowest BCUT2D eigenvalue weighted by molar-refractivity contribution is -0.136. The number of carbonyl (C=O) groups excluding carboxylic acids is 3. The van der Waals surface area contributed by atoms with Crippen LogP contribution in [-0.2, 0) is 22.7 Å². The van der Waals surface area contributed by atoms with Gasteiger partial charge < -0.3 is 10.2 Å². The van der Waals surface area contributed by atoms with Crippen molar-refractivity contribution < 1.29 is 14.4 Å². The molecule has 7 nitrogen and oxygen atoms in total. The molecule has 0 radical (unpaired) electrons. The third-order valence-corrected chi connectivity index (χ3v) is 7.03. The second-order valence-electron chi connectivity index (χ2n) is 8.93. The smallest absolute Gasteiger partial charge is 0.255 e. The van der Waals surface area contributed by atoms with Crippen molar-refractivity contribution in [1.82, 2.24) is 20.4 Å². The first-order valence-electron chi connectivity index (χ1n) is 10.8. The number of hydrogen-bond donors (Lipinski definition) is 2. The fraction of sp³-hybridized carbons (Fsp3) is 0.591. The Hall–Kier alpha value is -2.25. The molecule has 4 aliphatic heterocycles. The zero-order chi connectivity index (χ0) is 20.0. The van der Waals surface area contributed by atoms with Gasteiger partial charge in [-0.3, -0.25) is 24.6 Å². The van der Waals surface area contributed by atoms with Gasteiger partial charge in [0.15, 0.2) is 0 Å². The van der Waals surface area contributed by atoms with E-state index in [1.165, 1.54) is 12.8 Å². The summed E-state index contributed by atoms with van der Waals surface area (Å²) < 4.78 is 0. The van der Waals surface area contributed by atoms with Crippen LogP contribution in [0.25, 0.3) is 0 Å².